The molecule has 0 aliphatic heterocycles. The van der Waals surface area contributed by atoms with Crippen LogP contribution in [0.15, 0.2) is 72.8 Å². The van der Waals surface area contributed by atoms with E-state index in [1.807, 2.05) is 54.6 Å². The van der Waals surface area contributed by atoms with Crippen molar-refractivity contribution in [3.8, 4) is 22.6 Å². The maximum Gasteiger partial charge on any atom is 0.133 e. The van der Waals surface area contributed by atoms with Gasteiger partial charge in [0.05, 0.1) is 0 Å². The molecular weight excluding hydrogens is 265 g/mol. The fourth-order valence-corrected chi connectivity index (χ4v) is 2.09. The summed E-state index contributed by atoms with van der Waals surface area (Å²) in [5.74, 6) is 1.15. The first-order valence-corrected chi connectivity index (χ1v) is 6.61. The highest BCUT2D eigenvalue weighted by atomic mass is 19.1. The number of ether oxygens (including phenoxy) is 1. The van der Waals surface area contributed by atoms with Crippen molar-refractivity contribution in [2.45, 2.75) is 0 Å². The molecule has 104 valence electrons. The Labute approximate surface area is 122 Å². The molecule has 2 N–H and O–H groups in total. The van der Waals surface area contributed by atoms with Crippen molar-refractivity contribution >= 4 is 5.69 Å². The van der Waals surface area contributed by atoms with Crippen LogP contribution < -0.4 is 10.5 Å². The third kappa shape index (κ3) is 3.03. The van der Waals surface area contributed by atoms with Crippen LogP contribution >= 0.6 is 0 Å². The van der Waals surface area contributed by atoms with E-state index in [1.165, 1.54) is 6.07 Å². The zero-order valence-electron chi connectivity index (χ0n) is 11.3. The number of nitrogens with two attached hydrogens (primary N) is 1. The van der Waals surface area contributed by atoms with Gasteiger partial charge in [-0.2, -0.15) is 0 Å². The molecule has 21 heavy (non-hydrogen) atoms. The van der Waals surface area contributed by atoms with Gasteiger partial charge in [-0.1, -0.05) is 30.3 Å². The first-order chi connectivity index (χ1) is 10.2. The van der Waals surface area contributed by atoms with Crippen LogP contribution in [0, 0.1) is 5.82 Å². The fraction of sp³-hybridized carbons (Fsp3) is 0. The summed E-state index contributed by atoms with van der Waals surface area (Å²) in [4.78, 5) is 0. The van der Waals surface area contributed by atoms with Gasteiger partial charge in [-0.15, -0.1) is 0 Å². The molecule has 0 fully saturated rings. The highest BCUT2D eigenvalue weighted by Crippen LogP contribution is 2.28. The monoisotopic (exact) mass is 279 g/mol. The zero-order chi connectivity index (χ0) is 14.7. The van der Waals surface area contributed by atoms with E-state index in [0.717, 1.165) is 11.3 Å². The van der Waals surface area contributed by atoms with E-state index >= 15 is 0 Å². The van der Waals surface area contributed by atoms with Crippen LogP contribution in [0.2, 0.25) is 0 Å². The van der Waals surface area contributed by atoms with Gasteiger partial charge in [-0.3, -0.25) is 0 Å². The molecular formula is C18H14FNO. The van der Waals surface area contributed by atoms with Crippen molar-refractivity contribution < 1.29 is 9.13 Å². The molecule has 3 aromatic rings. The van der Waals surface area contributed by atoms with Crippen LogP contribution in [0.25, 0.3) is 11.1 Å². The first kappa shape index (κ1) is 13.2. The molecule has 0 saturated heterocycles. The average molecular weight is 279 g/mol. The van der Waals surface area contributed by atoms with Gasteiger partial charge in [0, 0.05) is 11.3 Å². The zero-order valence-corrected chi connectivity index (χ0v) is 11.3. The van der Waals surface area contributed by atoms with E-state index < -0.39 is 0 Å². The lowest BCUT2D eigenvalue weighted by atomic mass is 10.0. The maximum atomic E-state index is 13.9. The molecule has 3 heteroatoms. The molecule has 0 radical (unpaired) electrons. The SMILES string of the molecule is Nc1ccc(-c2ccc(Oc3ccccc3)cc2)c(F)c1. The minimum atomic E-state index is -0.327. The number of benzene rings is 3. The van der Waals surface area contributed by atoms with Crippen LogP contribution in [-0.4, -0.2) is 0 Å². The number of hydrogen-bond donors (Lipinski definition) is 1. The van der Waals surface area contributed by atoms with Crippen molar-refractivity contribution in [2.75, 3.05) is 5.73 Å². The summed E-state index contributed by atoms with van der Waals surface area (Å²) in [7, 11) is 0. The predicted molar refractivity (Wildman–Crippen MR) is 82.8 cm³/mol. The van der Waals surface area contributed by atoms with Gasteiger partial charge in [-0.05, 0) is 48.0 Å². The summed E-state index contributed by atoms with van der Waals surface area (Å²) >= 11 is 0. The number of para-hydroxylation sites is 1. The third-order valence-electron chi connectivity index (χ3n) is 3.14. The second kappa shape index (κ2) is 5.67. The fourth-order valence-electron chi connectivity index (χ4n) is 2.09. The lowest BCUT2D eigenvalue weighted by Crippen LogP contribution is -1.89. The average Bonchev–Trinajstić information content (AvgIpc) is 2.49. The van der Waals surface area contributed by atoms with Crippen LogP contribution in [0.5, 0.6) is 11.5 Å². The molecule has 2 nitrogen and oxygen atoms in total. The van der Waals surface area contributed by atoms with Crippen LogP contribution in [-0.2, 0) is 0 Å². The Hall–Kier alpha value is -2.81. The minimum absolute atomic E-state index is 0.327. The Bertz CT molecular complexity index is 739. The molecule has 0 aliphatic rings. The van der Waals surface area contributed by atoms with Crippen LogP contribution in [0.4, 0.5) is 10.1 Å². The molecule has 0 saturated carbocycles. The highest BCUT2D eigenvalue weighted by molar-refractivity contribution is 5.67. The second-order valence-electron chi connectivity index (χ2n) is 4.68. The molecule has 3 aromatic carbocycles. The van der Waals surface area contributed by atoms with Crippen LogP contribution in [0.3, 0.4) is 0 Å². The summed E-state index contributed by atoms with van der Waals surface area (Å²) < 4.78 is 19.6. The van der Waals surface area contributed by atoms with Gasteiger partial charge in [0.15, 0.2) is 0 Å². The Morgan fingerprint density at radius 2 is 1.43 bits per heavy atom. The van der Waals surface area contributed by atoms with Crippen molar-refractivity contribution in [3.63, 3.8) is 0 Å². The normalized spacial score (nSPS) is 10.3. The van der Waals surface area contributed by atoms with E-state index in [1.54, 1.807) is 12.1 Å². The minimum Gasteiger partial charge on any atom is -0.457 e. The van der Waals surface area contributed by atoms with Gasteiger partial charge in [0.1, 0.15) is 17.3 Å². The van der Waals surface area contributed by atoms with Crippen molar-refractivity contribution in [2.24, 2.45) is 0 Å². The number of nitrogen functional groups attached to an aromatic ring is 1. The molecule has 0 heterocycles. The Kier molecular flexibility index (Phi) is 3.56. The first-order valence-electron chi connectivity index (χ1n) is 6.61. The molecule has 0 amide bonds. The summed E-state index contributed by atoms with van der Waals surface area (Å²) in [6, 6.07) is 21.5. The van der Waals surface area contributed by atoms with Crippen molar-refractivity contribution in [1.82, 2.24) is 0 Å². The van der Waals surface area contributed by atoms with Crippen molar-refractivity contribution in [1.29, 1.82) is 0 Å². The smallest absolute Gasteiger partial charge is 0.133 e. The predicted octanol–water partition coefficient (Wildman–Crippen LogP) is 4.87. The van der Waals surface area contributed by atoms with E-state index in [0.29, 0.717) is 17.0 Å². The van der Waals surface area contributed by atoms with Gasteiger partial charge < -0.3 is 10.5 Å². The number of halogens is 1. The number of hydrogen-bond acceptors (Lipinski definition) is 2. The molecule has 0 unspecified atom stereocenters. The van der Waals surface area contributed by atoms with E-state index in [4.69, 9.17) is 10.5 Å². The summed E-state index contributed by atoms with van der Waals surface area (Å²) in [5.41, 5.74) is 7.28. The second-order valence-corrected chi connectivity index (χ2v) is 4.68. The van der Waals surface area contributed by atoms with Gasteiger partial charge in [-0.25, -0.2) is 4.39 Å². The summed E-state index contributed by atoms with van der Waals surface area (Å²) in [6.07, 6.45) is 0. The van der Waals surface area contributed by atoms with E-state index in [2.05, 4.69) is 0 Å². The molecule has 0 aromatic heterocycles. The summed E-state index contributed by atoms with van der Waals surface area (Å²) in [6.45, 7) is 0. The quantitative estimate of drug-likeness (QED) is 0.694. The molecule has 0 atom stereocenters. The topological polar surface area (TPSA) is 35.2 Å². The molecule has 0 aliphatic carbocycles. The molecule has 0 bridgehead atoms. The lowest BCUT2D eigenvalue weighted by molar-refractivity contribution is 0.483. The van der Waals surface area contributed by atoms with E-state index in [-0.39, 0.29) is 5.82 Å². The third-order valence-corrected chi connectivity index (χ3v) is 3.14. The number of anilines is 1. The maximum absolute atomic E-state index is 13.9. The Morgan fingerprint density at radius 3 is 2.10 bits per heavy atom. The Morgan fingerprint density at radius 1 is 0.762 bits per heavy atom. The van der Waals surface area contributed by atoms with E-state index in [9.17, 15) is 4.39 Å². The van der Waals surface area contributed by atoms with Gasteiger partial charge >= 0.3 is 0 Å². The largest absolute Gasteiger partial charge is 0.457 e. The van der Waals surface area contributed by atoms with Crippen molar-refractivity contribution in [3.05, 3.63) is 78.6 Å². The Balaban J connectivity index is 1.84. The van der Waals surface area contributed by atoms with Gasteiger partial charge in [0.25, 0.3) is 0 Å². The van der Waals surface area contributed by atoms with Gasteiger partial charge in [0.2, 0.25) is 0 Å². The van der Waals surface area contributed by atoms with Crippen LogP contribution in [0.1, 0.15) is 0 Å². The molecule has 3 rings (SSSR count). The lowest BCUT2D eigenvalue weighted by Gasteiger charge is -2.08. The summed E-state index contributed by atoms with van der Waals surface area (Å²) in [5, 5.41) is 0. The molecule has 0 spiro atoms. The highest BCUT2D eigenvalue weighted by Gasteiger charge is 2.05. The standard InChI is InChI=1S/C18H14FNO/c19-18-12-14(20)8-11-17(18)13-6-9-16(10-7-13)21-15-4-2-1-3-5-15/h1-12H,20H2. The number of rotatable bonds is 3.